The number of hydrogen-bond acceptors (Lipinski definition) is 4. The van der Waals surface area contributed by atoms with Gasteiger partial charge < -0.3 is 14.8 Å². The topological polar surface area (TPSA) is 43.4 Å². The van der Waals surface area contributed by atoms with Gasteiger partial charge >= 0.3 is 0 Å². The number of halogens is 1. The largest absolute Gasteiger partial charge is 0.439 e. The van der Waals surface area contributed by atoms with Crippen LogP contribution in [0.5, 0.6) is 11.6 Å². The van der Waals surface area contributed by atoms with E-state index in [0.717, 1.165) is 31.7 Å². The SMILES string of the molecule is CCOC(C)CCNCc1ccc(Oc2cccc(F)c2)nc1. The summed E-state index contributed by atoms with van der Waals surface area (Å²) in [7, 11) is 0. The van der Waals surface area contributed by atoms with Crippen molar-refractivity contribution in [3.05, 3.63) is 54.0 Å². The molecule has 1 unspecified atom stereocenters. The third kappa shape index (κ3) is 6.34. The zero-order valence-corrected chi connectivity index (χ0v) is 13.6. The number of hydrogen-bond donors (Lipinski definition) is 1. The quantitative estimate of drug-likeness (QED) is 0.712. The van der Waals surface area contributed by atoms with E-state index in [4.69, 9.17) is 9.47 Å². The van der Waals surface area contributed by atoms with Crippen molar-refractivity contribution in [2.24, 2.45) is 0 Å². The Morgan fingerprint density at radius 1 is 1.26 bits per heavy atom. The van der Waals surface area contributed by atoms with Gasteiger partial charge in [0.15, 0.2) is 0 Å². The minimum atomic E-state index is -0.329. The van der Waals surface area contributed by atoms with Crippen LogP contribution in [0, 0.1) is 5.82 Å². The summed E-state index contributed by atoms with van der Waals surface area (Å²) < 4.78 is 24.1. The number of benzene rings is 1. The minimum absolute atomic E-state index is 0.271. The zero-order valence-electron chi connectivity index (χ0n) is 13.6. The molecule has 0 saturated carbocycles. The molecule has 0 amide bonds. The summed E-state index contributed by atoms with van der Waals surface area (Å²) in [5, 5.41) is 3.36. The maximum Gasteiger partial charge on any atom is 0.219 e. The van der Waals surface area contributed by atoms with Gasteiger partial charge in [0.2, 0.25) is 5.88 Å². The lowest BCUT2D eigenvalue weighted by Crippen LogP contribution is -2.20. The van der Waals surface area contributed by atoms with E-state index in [1.54, 1.807) is 24.4 Å². The first-order chi connectivity index (χ1) is 11.2. The second-order valence-electron chi connectivity index (χ2n) is 5.30. The Bertz CT molecular complexity index is 590. The van der Waals surface area contributed by atoms with Crippen molar-refractivity contribution < 1.29 is 13.9 Å². The summed E-state index contributed by atoms with van der Waals surface area (Å²) in [6.07, 6.45) is 3.00. The van der Waals surface area contributed by atoms with Gasteiger partial charge in [0, 0.05) is 31.5 Å². The van der Waals surface area contributed by atoms with Crippen LogP contribution in [0.1, 0.15) is 25.8 Å². The predicted molar refractivity (Wildman–Crippen MR) is 88.1 cm³/mol. The maximum atomic E-state index is 13.1. The summed E-state index contributed by atoms with van der Waals surface area (Å²) in [5.41, 5.74) is 1.07. The van der Waals surface area contributed by atoms with Gasteiger partial charge in [0.1, 0.15) is 11.6 Å². The van der Waals surface area contributed by atoms with Crippen LogP contribution in [-0.4, -0.2) is 24.2 Å². The highest BCUT2D eigenvalue weighted by Crippen LogP contribution is 2.19. The van der Waals surface area contributed by atoms with Crippen molar-refractivity contribution in [1.29, 1.82) is 0 Å². The predicted octanol–water partition coefficient (Wildman–Crippen LogP) is 3.92. The number of ether oxygens (including phenoxy) is 2. The van der Waals surface area contributed by atoms with Crippen LogP contribution >= 0.6 is 0 Å². The number of aromatic nitrogens is 1. The van der Waals surface area contributed by atoms with Gasteiger partial charge in [0.05, 0.1) is 6.10 Å². The van der Waals surface area contributed by atoms with Crippen LogP contribution in [0.25, 0.3) is 0 Å². The van der Waals surface area contributed by atoms with Gasteiger partial charge in [-0.15, -0.1) is 0 Å². The first kappa shape index (κ1) is 17.4. The zero-order chi connectivity index (χ0) is 16.5. The van der Waals surface area contributed by atoms with Gasteiger partial charge in [-0.2, -0.15) is 0 Å². The Labute approximate surface area is 136 Å². The molecular weight excluding hydrogens is 295 g/mol. The van der Waals surface area contributed by atoms with Crippen molar-refractivity contribution in [3.63, 3.8) is 0 Å². The van der Waals surface area contributed by atoms with Crippen LogP contribution in [-0.2, 0) is 11.3 Å². The van der Waals surface area contributed by atoms with Crippen LogP contribution in [0.3, 0.4) is 0 Å². The van der Waals surface area contributed by atoms with Crippen molar-refractivity contribution in [3.8, 4) is 11.6 Å². The van der Waals surface area contributed by atoms with Gasteiger partial charge in [0.25, 0.3) is 0 Å². The fourth-order valence-corrected chi connectivity index (χ4v) is 2.13. The van der Waals surface area contributed by atoms with Crippen LogP contribution < -0.4 is 10.1 Å². The van der Waals surface area contributed by atoms with Gasteiger partial charge in [-0.1, -0.05) is 12.1 Å². The molecule has 0 radical (unpaired) electrons. The lowest BCUT2D eigenvalue weighted by molar-refractivity contribution is 0.0704. The fourth-order valence-electron chi connectivity index (χ4n) is 2.13. The Kier molecular flexibility index (Phi) is 6.97. The Morgan fingerprint density at radius 2 is 2.13 bits per heavy atom. The Hall–Kier alpha value is -1.98. The molecule has 5 heteroatoms. The molecule has 124 valence electrons. The molecule has 0 bridgehead atoms. The highest BCUT2D eigenvalue weighted by Gasteiger charge is 2.02. The van der Waals surface area contributed by atoms with Crippen molar-refractivity contribution >= 4 is 0 Å². The second-order valence-corrected chi connectivity index (χ2v) is 5.30. The standard InChI is InChI=1S/C18H23FN2O2/c1-3-22-14(2)9-10-20-12-15-7-8-18(21-13-15)23-17-6-4-5-16(19)11-17/h4-8,11,13-14,20H,3,9-10,12H2,1-2H3. The molecule has 0 aliphatic rings. The molecule has 2 rings (SSSR count). The highest BCUT2D eigenvalue weighted by atomic mass is 19.1. The summed E-state index contributed by atoms with van der Waals surface area (Å²) in [6, 6.07) is 9.73. The van der Waals surface area contributed by atoms with E-state index in [9.17, 15) is 4.39 Å². The smallest absolute Gasteiger partial charge is 0.219 e. The van der Waals surface area contributed by atoms with Crippen molar-refractivity contribution in [2.75, 3.05) is 13.2 Å². The molecular formula is C18H23FN2O2. The number of nitrogens with one attached hydrogen (secondary N) is 1. The first-order valence-electron chi connectivity index (χ1n) is 7.88. The first-order valence-corrected chi connectivity index (χ1v) is 7.88. The number of rotatable bonds is 9. The van der Waals surface area contributed by atoms with Crippen molar-refractivity contribution in [1.82, 2.24) is 10.3 Å². The van der Waals surface area contributed by atoms with Crippen LogP contribution in [0.4, 0.5) is 4.39 Å². The molecule has 1 atom stereocenters. The molecule has 0 fully saturated rings. The number of nitrogens with zero attached hydrogens (tertiary/aromatic N) is 1. The average Bonchev–Trinajstić information content (AvgIpc) is 2.53. The molecule has 1 N–H and O–H groups in total. The molecule has 23 heavy (non-hydrogen) atoms. The molecule has 1 aromatic carbocycles. The van der Waals surface area contributed by atoms with E-state index in [1.807, 2.05) is 13.0 Å². The Morgan fingerprint density at radius 3 is 2.83 bits per heavy atom. The molecule has 0 saturated heterocycles. The highest BCUT2D eigenvalue weighted by molar-refractivity contribution is 5.28. The summed E-state index contributed by atoms with van der Waals surface area (Å²) in [5.74, 6) is 0.558. The molecule has 2 aromatic rings. The third-order valence-corrected chi connectivity index (χ3v) is 3.32. The van der Waals surface area contributed by atoms with E-state index in [1.165, 1.54) is 12.1 Å². The van der Waals surface area contributed by atoms with Gasteiger partial charge in [-0.3, -0.25) is 0 Å². The molecule has 4 nitrogen and oxygen atoms in total. The third-order valence-electron chi connectivity index (χ3n) is 3.32. The molecule has 0 aliphatic carbocycles. The monoisotopic (exact) mass is 318 g/mol. The molecule has 1 heterocycles. The van der Waals surface area contributed by atoms with Crippen LogP contribution in [0.2, 0.25) is 0 Å². The van der Waals surface area contributed by atoms with E-state index < -0.39 is 0 Å². The van der Waals surface area contributed by atoms with Gasteiger partial charge in [-0.25, -0.2) is 9.37 Å². The molecule has 0 spiro atoms. The normalized spacial score (nSPS) is 12.1. The summed E-state index contributed by atoms with van der Waals surface area (Å²) in [6.45, 7) is 6.46. The minimum Gasteiger partial charge on any atom is -0.439 e. The second kappa shape index (κ2) is 9.22. The average molecular weight is 318 g/mol. The lowest BCUT2D eigenvalue weighted by atomic mass is 10.2. The fraction of sp³-hybridized carbons (Fsp3) is 0.389. The summed E-state index contributed by atoms with van der Waals surface area (Å²) >= 11 is 0. The lowest BCUT2D eigenvalue weighted by Gasteiger charge is -2.12. The molecule has 1 aromatic heterocycles. The maximum absolute atomic E-state index is 13.1. The van der Waals surface area contributed by atoms with E-state index >= 15 is 0 Å². The van der Waals surface area contributed by atoms with E-state index in [2.05, 4.69) is 17.2 Å². The summed E-state index contributed by atoms with van der Waals surface area (Å²) in [4.78, 5) is 4.24. The van der Waals surface area contributed by atoms with Crippen molar-refractivity contribution in [2.45, 2.75) is 32.9 Å². The Balaban J connectivity index is 1.76. The van der Waals surface area contributed by atoms with Crippen LogP contribution in [0.15, 0.2) is 42.6 Å². The van der Waals surface area contributed by atoms with Gasteiger partial charge in [-0.05, 0) is 44.5 Å². The van der Waals surface area contributed by atoms with E-state index in [0.29, 0.717) is 11.6 Å². The molecule has 0 aliphatic heterocycles. The van der Waals surface area contributed by atoms with E-state index in [-0.39, 0.29) is 11.9 Å². The number of pyridine rings is 1.